The Bertz CT molecular complexity index is 577. The lowest BCUT2D eigenvalue weighted by atomic mass is 10.1. The van der Waals surface area contributed by atoms with Gasteiger partial charge in [-0.1, -0.05) is 24.1 Å². The number of nitrogens with one attached hydrogen (secondary N) is 1. The fraction of sp³-hybridized carbons (Fsp3) is 0.538. The van der Waals surface area contributed by atoms with Crippen molar-refractivity contribution >= 4 is 27.5 Å². The molecule has 2 rings (SSSR count). The first-order chi connectivity index (χ1) is 9.44. The van der Waals surface area contributed by atoms with Gasteiger partial charge in [0.15, 0.2) is 0 Å². The Kier molecular flexibility index (Phi) is 4.90. The van der Waals surface area contributed by atoms with E-state index in [0.717, 1.165) is 18.4 Å². The molecule has 0 amide bonds. The monoisotopic (exact) mass is 318 g/mol. The molecule has 1 aromatic carbocycles. The molecule has 1 aliphatic rings. The van der Waals surface area contributed by atoms with Crippen molar-refractivity contribution in [3.05, 3.63) is 28.8 Å². The molecule has 1 fully saturated rings. The van der Waals surface area contributed by atoms with Crippen molar-refractivity contribution in [3.63, 3.8) is 0 Å². The van der Waals surface area contributed by atoms with Crippen LogP contribution in [0.15, 0.2) is 18.2 Å². The van der Waals surface area contributed by atoms with Gasteiger partial charge < -0.3 is 5.11 Å². The normalized spacial score (nSPS) is 20.9. The Morgan fingerprint density at radius 1 is 1.45 bits per heavy atom. The second kappa shape index (κ2) is 6.30. The Hall–Kier alpha value is -0.820. The van der Waals surface area contributed by atoms with Crippen molar-refractivity contribution in [2.75, 3.05) is 17.9 Å². The fourth-order valence-electron chi connectivity index (χ4n) is 2.34. The van der Waals surface area contributed by atoms with Gasteiger partial charge in [0.25, 0.3) is 0 Å². The SMILES string of the molecule is Cc1ccc(NS(=O)(=O)N2CCCCC2CO)cc1Cl. The number of aliphatic hydroxyl groups excluding tert-OH is 1. The second-order valence-corrected chi connectivity index (χ2v) is 7.04. The zero-order valence-corrected chi connectivity index (χ0v) is 12.9. The number of aliphatic hydroxyl groups is 1. The number of rotatable bonds is 4. The third-order valence-electron chi connectivity index (χ3n) is 3.51. The number of piperidine rings is 1. The summed E-state index contributed by atoms with van der Waals surface area (Å²) in [6, 6.07) is 4.69. The van der Waals surface area contributed by atoms with Gasteiger partial charge in [-0.3, -0.25) is 4.72 Å². The molecule has 1 heterocycles. The van der Waals surface area contributed by atoms with Crippen molar-refractivity contribution in [1.29, 1.82) is 0 Å². The molecule has 1 aromatic rings. The van der Waals surface area contributed by atoms with Crippen LogP contribution in [0, 0.1) is 6.92 Å². The summed E-state index contributed by atoms with van der Waals surface area (Å²) < 4.78 is 28.6. The van der Waals surface area contributed by atoms with E-state index in [1.54, 1.807) is 18.2 Å². The number of nitrogens with zero attached hydrogens (tertiary/aromatic N) is 1. The van der Waals surface area contributed by atoms with Crippen molar-refractivity contribution in [1.82, 2.24) is 4.31 Å². The summed E-state index contributed by atoms with van der Waals surface area (Å²) in [4.78, 5) is 0. The number of aryl methyl sites for hydroxylation is 1. The molecule has 0 aromatic heterocycles. The van der Waals surface area contributed by atoms with Crippen LogP contribution >= 0.6 is 11.6 Å². The number of anilines is 1. The van der Waals surface area contributed by atoms with Crippen LogP contribution in [0.4, 0.5) is 5.69 Å². The van der Waals surface area contributed by atoms with Crippen LogP contribution < -0.4 is 4.72 Å². The van der Waals surface area contributed by atoms with E-state index in [0.29, 0.717) is 23.7 Å². The molecular weight excluding hydrogens is 300 g/mol. The molecule has 1 aliphatic heterocycles. The van der Waals surface area contributed by atoms with Gasteiger partial charge in [-0.05, 0) is 37.5 Å². The van der Waals surface area contributed by atoms with E-state index >= 15 is 0 Å². The molecule has 1 saturated heterocycles. The maximum atomic E-state index is 12.4. The van der Waals surface area contributed by atoms with Crippen LogP contribution in [-0.2, 0) is 10.2 Å². The van der Waals surface area contributed by atoms with E-state index in [2.05, 4.69) is 4.72 Å². The van der Waals surface area contributed by atoms with Gasteiger partial charge in [0, 0.05) is 17.6 Å². The van der Waals surface area contributed by atoms with Crippen LogP contribution in [-0.4, -0.2) is 37.0 Å². The molecule has 0 spiro atoms. The highest BCUT2D eigenvalue weighted by molar-refractivity contribution is 7.90. The number of benzene rings is 1. The first-order valence-electron chi connectivity index (χ1n) is 6.60. The molecular formula is C13H19ClN2O3S. The summed E-state index contributed by atoms with van der Waals surface area (Å²) in [5, 5.41) is 9.83. The van der Waals surface area contributed by atoms with Crippen molar-refractivity contribution in [3.8, 4) is 0 Å². The van der Waals surface area contributed by atoms with E-state index in [9.17, 15) is 13.5 Å². The minimum Gasteiger partial charge on any atom is -0.395 e. The number of halogens is 1. The van der Waals surface area contributed by atoms with E-state index in [-0.39, 0.29) is 12.6 Å². The first-order valence-corrected chi connectivity index (χ1v) is 8.42. The van der Waals surface area contributed by atoms with Gasteiger partial charge in [-0.25, -0.2) is 0 Å². The van der Waals surface area contributed by atoms with Gasteiger partial charge in [-0.2, -0.15) is 12.7 Å². The lowest BCUT2D eigenvalue weighted by molar-refractivity contribution is 0.156. The quantitative estimate of drug-likeness (QED) is 0.893. The van der Waals surface area contributed by atoms with Gasteiger partial charge in [0.05, 0.1) is 12.3 Å². The predicted molar refractivity (Wildman–Crippen MR) is 80.2 cm³/mol. The molecule has 1 atom stereocenters. The smallest absolute Gasteiger partial charge is 0.301 e. The molecule has 20 heavy (non-hydrogen) atoms. The highest BCUT2D eigenvalue weighted by Crippen LogP contribution is 2.24. The van der Waals surface area contributed by atoms with Crippen molar-refractivity contribution < 1.29 is 13.5 Å². The number of hydrogen-bond donors (Lipinski definition) is 2. The topological polar surface area (TPSA) is 69.6 Å². The molecule has 0 radical (unpaired) electrons. The lowest BCUT2D eigenvalue weighted by Crippen LogP contribution is -2.47. The summed E-state index contributed by atoms with van der Waals surface area (Å²) in [5.74, 6) is 0. The van der Waals surface area contributed by atoms with Gasteiger partial charge >= 0.3 is 10.2 Å². The second-order valence-electron chi connectivity index (χ2n) is 5.01. The molecule has 0 aliphatic carbocycles. The Morgan fingerprint density at radius 2 is 2.20 bits per heavy atom. The summed E-state index contributed by atoms with van der Waals surface area (Å²) in [5.41, 5.74) is 1.32. The molecule has 0 saturated carbocycles. The average molecular weight is 319 g/mol. The predicted octanol–water partition coefficient (Wildman–Crippen LogP) is 2.15. The zero-order chi connectivity index (χ0) is 14.8. The largest absolute Gasteiger partial charge is 0.395 e. The van der Waals surface area contributed by atoms with Crippen LogP contribution in [0.25, 0.3) is 0 Å². The summed E-state index contributed by atoms with van der Waals surface area (Å²) in [6.45, 7) is 2.13. The minimum atomic E-state index is -3.66. The first kappa shape index (κ1) is 15.6. The fourth-order valence-corrected chi connectivity index (χ4v) is 3.99. The summed E-state index contributed by atoms with van der Waals surface area (Å²) in [7, 11) is -3.66. The standard InChI is InChI=1S/C13H19ClN2O3S/c1-10-5-6-11(8-13(10)14)15-20(18,19)16-7-3-2-4-12(16)9-17/h5-6,8,12,15,17H,2-4,7,9H2,1H3. The zero-order valence-electron chi connectivity index (χ0n) is 11.3. The van der Waals surface area contributed by atoms with Crippen LogP contribution in [0.3, 0.4) is 0 Å². The Morgan fingerprint density at radius 3 is 2.85 bits per heavy atom. The molecule has 112 valence electrons. The third-order valence-corrected chi connectivity index (χ3v) is 5.51. The molecule has 0 bridgehead atoms. The van der Waals surface area contributed by atoms with E-state index < -0.39 is 10.2 Å². The number of hydrogen-bond acceptors (Lipinski definition) is 3. The van der Waals surface area contributed by atoms with Gasteiger partial charge in [0.1, 0.15) is 0 Å². The Labute approximate surface area is 124 Å². The molecule has 5 nitrogen and oxygen atoms in total. The molecule has 2 N–H and O–H groups in total. The van der Waals surface area contributed by atoms with Crippen molar-refractivity contribution in [2.45, 2.75) is 32.2 Å². The lowest BCUT2D eigenvalue weighted by Gasteiger charge is -2.33. The maximum absolute atomic E-state index is 12.4. The molecule has 1 unspecified atom stereocenters. The van der Waals surface area contributed by atoms with E-state index in [4.69, 9.17) is 11.6 Å². The minimum absolute atomic E-state index is 0.157. The highest BCUT2D eigenvalue weighted by Gasteiger charge is 2.31. The van der Waals surface area contributed by atoms with Gasteiger partial charge in [-0.15, -0.1) is 0 Å². The van der Waals surface area contributed by atoms with E-state index in [1.165, 1.54) is 4.31 Å². The van der Waals surface area contributed by atoms with Crippen LogP contribution in [0.2, 0.25) is 5.02 Å². The van der Waals surface area contributed by atoms with Crippen LogP contribution in [0.1, 0.15) is 24.8 Å². The van der Waals surface area contributed by atoms with E-state index in [1.807, 2.05) is 6.92 Å². The summed E-state index contributed by atoms with van der Waals surface area (Å²) in [6.07, 6.45) is 2.44. The van der Waals surface area contributed by atoms with Crippen molar-refractivity contribution in [2.24, 2.45) is 0 Å². The van der Waals surface area contributed by atoms with Crippen LogP contribution in [0.5, 0.6) is 0 Å². The summed E-state index contributed by atoms with van der Waals surface area (Å²) >= 11 is 6.00. The molecule has 7 heteroatoms. The Balaban J connectivity index is 2.19. The maximum Gasteiger partial charge on any atom is 0.301 e. The highest BCUT2D eigenvalue weighted by atomic mass is 35.5. The average Bonchev–Trinajstić information content (AvgIpc) is 2.42. The third kappa shape index (κ3) is 3.44. The van der Waals surface area contributed by atoms with Gasteiger partial charge in [0.2, 0.25) is 0 Å².